The number of nitrogens with one attached hydrogen (secondary N) is 4. The zero-order valence-corrected chi connectivity index (χ0v) is 24.8. The first-order valence-electron chi connectivity index (χ1n) is 14.1. The van der Waals surface area contributed by atoms with E-state index in [2.05, 4.69) is 25.9 Å². The van der Waals surface area contributed by atoms with Gasteiger partial charge in [0, 0.05) is 18.7 Å². The number of rotatable bonds is 7. The van der Waals surface area contributed by atoms with Crippen molar-refractivity contribution in [2.75, 3.05) is 13.1 Å². The largest absolute Gasteiger partial charge is 0.480 e. The zero-order chi connectivity index (χ0) is 31.0. The number of aliphatic carboxylic acids is 1. The number of carbonyl (C=O) groups excluding carboxylic acids is 3. The number of urea groups is 1. The minimum atomic E-state index is -1.44. The second-order valence-corrected chi connectivity index (χ2v) is 11.6. The molecule has 4 aromatic rings. The summed E-state index contributed by atoms with van der Waals surface area (Å²) >= 11 is 13.2. The maximum absolute atomic E-state index is 13.2. The lowest BCUT2D eigenvalue weighted by atomic mass is 9.96. The van der Waals surface area contributed by atoms with Crippen molar-refractivity contribution < 1.29 is 24.3 Å². The van der Waals surface area contributed by atoms with Crippen molar-refractivity contribution in [1.29, 1.82) is 0 Å². The van der Waals surface area contributed by atoms with E-state index >= 15 is 0 Å². The second-order valence-electron chi connectivity index (χ2n) is 10.8. The Morgan fingerprint density at radius 2 is 1.89 bits per heavy atom. The molecule has 2 aliphatic rings. The number of hydrogen-bond acceptors (Lipinski definition) is 5. The Morgan fingerprint density at radius 1 is 1.07 bits per heavy atom. The molecule has 2 heterocycles. The van der Waals surface area contributed by atoms with Crippen molar-refractivity contribution in [3.63, 3.8) is 0 Å². The van der Waals surface area contributed by atoms with Gasteiger partial charge in [0.05, 0.1) is 45.6 Å². The van der Waals surface area contributed by atoms with Crippen LogP contribution in [-0.2, 0) is 24.2 Å². The number of carbonyl (C=O) groups is 4. The fourth-order valence-corrected chi connectivity index (χ4v) is 6.59. The molecule has 4 amide bonds. The van der Waals surface area contributed by atoms with Crippen LogP contribution in [0.15, 0.2) is 54.9 Å². The molecule has 1 aromatic heterocycles. The molecule has 44 heavy (non-hydrogen) atoms. The lowest BCUT2D eigenvalue weighted by Crippen LogP contribution is -2.50. The van der Waals surface area contributed by atoms with Gasteiger partial charge in [0.25, 0.3) is 11.8 Å². The first-order chi connectivity index (χ1) is 21.2. The van der Waals surface area contributed by atoms with E-state index < -0.39 is 23.9 Å². The minimum absolute atomic E-state index is 0.0224. The van der Waals surface area contributed by atoms with Crippen LogP contribution < -0.4 is 16.0 Å². The molecule has 5 N–H and O–H groups in total. The van der Waals surface area contributed by atoms with Crippen LogP contribution in [0.4, 0.5) is 4.79 Å². The summed E-state index contributed by atoms with van der Waals surface area (Å²) in [6.45, 7) is 0.235. The number of nitrogens with zero attached hydrogens (tertiary/aromatic N) is 2. The number of hydrogen-bond donors (Lipinski definition) is 5. The highest BCUT2D eigenvalue weighted by Gasteiger charge is 2.30. The van der Waals surface area contributed by atoms with E-state index in [0.717, 1.165) is 29.4 Å². The quantitative estimate of drug-likeness (QED) is 0.205. The summed E-state index contributed by atoms with van der Waals surface area (Å²) in [7, 11) is 0. The molecular weight excluding hydrogens is 607 g/mol. The molecule has 1 aliphatic heterocycles. The first kappa shape index (κ1) is 29.5. The first-order valence-corrected chi connectivity index (χ1v) is 14.8. The Balaban J connectivity index is 1.10. The van der Waals surface area contributed by atoms with Crippen LogP contribution in [0.25, 0.3) is 11.0 Å². The third-order valence-corrected chi connectivity index (χ3v) is 8.81. The van der Waals surface area contributed by atoms with E-state index in [-0.39, 0.29) is 40.6 Å². The van der Waals surface area contributed by atoms with E-state index in [1.54, 1.807) is 35.5 Å². The van der Waals surface area contributed by atoms with Gasteiger partial charge in [-0.3, -0.25) is 9.59 Å². The standard InChI is InChI=1S/C31H28Cl2N6O5/c32-21-11-18-14-39(29(41)17-6-8-23-24(12-17)36-15-35-23)10-9-20(18)27(33)26(21)28(40)37-25(30(42)43)13-34-31(44)38-22-7-5-16-3-1-2-4-19(16)22/h1-4,6,8,11-12,15,22,25H,5,7,9-10,13-14H2,(H,35,36)(H,37,40)(H,42,43)(H2,34,38,44)/t22-,25+/m1/s1. The second kappa shape index (κ2) is 12.2. The number of carboxylic acid groups (broad SMARTS) is 1. The summed E-state index contributed by atoms with van der Waals surface area (Å²) in [6, 6.07) is 12.5. The highest BCUT2D eigenvalue weighted by atomic mass is 35.5. The van der Waals surface area contributed by atoms with Gasteiger partial charge < -0.3 is 30.9 Å². The van der Waals surface area contributed by atoms with Crippen molar-refractivity contribution in [3.05, 3.63) is 98.3 Å². The van der Waals surface area contributed by atoms with Crippen LogP contribution >= 0.6 is 23.2 Å². The fourth-order valence-electron chi connectivity index (χ4n) is 5.83. The van der Waals surface area contributed by atoms with E-state index in [4.69, 9.17) is 23.2 Å². The van der Waals surface area contributed by atoms with Crippen LogP contribution in [-0.4, -0.2) is 62.9 Å². The van der Waals surface area contributed by atoms with E-state index in [9.17, 15) is 24.3 Å². The average Bonchev–Trinajstić information content (AvgIpc) is 3.65. The number of halogens is 2. The predicted octanol–water partition coefficient (Wildman–Crippen LogP) is 4.24. The molecule has 2 atom stereocenters. The van der Waals surface area contributed by atoms with Crippen molar-refractivity contribution in [2.24, 2.45) is 0 Å². The Labute approximate surface area is 261 Å². The summed E-state index contributed by atoms with van der Waals surface area (Å²) < 4.78 is 0. The number of benzene rings is 3. The van der Waals surface area contributed by atoms with Gasteiger partial charge in [0.15, 0.2) is 0 Å². The molecule has 0 saturated carbocycles. The van der Waals surface area contributed by atoms with Gasteiger partial charge in [-0.25, -0.2) is 14.6 Å². The van der Waals surface area contributed by atoms with Crippen molar-refractivity contribution in [2.45, 2.75) is 37.9 Å². The van der Waals surface area contributed by atoms with Gasteiger partial charge >= 0.3 is 12.0 Å². The van der Waals surface area contributed by atoms with Crippen LogP contribution in [0.2, 0.25) is 10.0 Å². The topological polar surface area (TPSA) is 157 Å². The molecule has 1 aliphatic carbocycles. The molecule has 0 fully saturated rings. The van der Waals surface area contributed by atoms with Gasteiger partial charge in [0.2, 0.25) is 0 Å². The molecule has 11 nitrogen and oxygen atoms in total. The number of imidazole rings is 1. The van der Waals surface area contributed by atoms with Crippen molar-refractivity contribution >= 4 is 58.1 Å². The summed E-state index contributed by atoms with van der Waals surface area (Å²) in [6.07, 6.45) is 3.52. The van der Waals surface area contributed by atoms with Gasteiger partial charge in [-0.2, -0.15) is 0 Å². The normalized spacial score (nSPS) is 16.1. The maximum atomic E-state index is 13.2. The Kier molecular flexibility index (Phi) is 8.15. The Bertz CT molecular complexity index is 1810. The smallest absolute Gasteiger partial charge is 0.328 e. The van der Waals surface area contributed by atoms with E-state index in [0.29, 0.717) is 29.7 Å². The predicted molar refractivity (Wildman–Crippen MR) is 164 cm³/mol. The fraction of sp³-hybridized carbons (Fsp3) is 0.258. The molecule has 0 unspecified atom stereocenters. The average molecular weight is 636 g/mol. The van der Waals surface area contributed by atoms with Gasteiger partial charge in [-0.1, -0.05) is 47.5 Å². The van der Waals surface area contributed by atoms with Crippen molar-refractivity contribution in [1.82, 2.24) is 30.8 Å². The van der Waals surface area contributed by atoms with Crippen LogP contribution in [0.1, 0.15) is 55.4 Å². The molecule has 6 rings (SSSR count). The monoisotopic (exact) mass is 634 g/mol. The number of aromatic amines is 1. The molecule has 3 aromatic carbocycles. The van der Waals surface area contributed by atoms with E-state index in [1.165, 1.54) is 5.56 Å². The lowest BCUT2D eigenvalue weighted by Gasteiger charge is -2.30. The SMILES string of the molecule is O=C(NC[C@H](NC(=O)c1c(Cl)cc2c(c1Cl)CCN(C(=O)c1ccc3nc[nH]c3c1)C2)C(=O)O)N[C@@H]1CCc2ccccc21. The summed E-state index contributed by atoms with van der Waals surface area (Å²) in [5, 5.41) is 17.7. The molecule has 0 saturated heterocycles. The third-order valence-electron chi connectivity index (χ3n) is 8.09. The lowest BCUT2D eigenvalue weighted by molar-refractivity contribution is -0.139. The van der Waals surface area contributed by atoms with Crippen molar-refractivity contribution in [3.8, 4) is 0 Å². The number of amides is 4. The molecule has 0 spiro atoms. The molecule has 226 valence electrons. The third kappa shape index (κ3) is 5.80. The maximum Gasteiger partial charge on any atom is 0.328 e. The Morgan fingerprint density at radius 3 is 2.70 bits per heavy atom. The number of aryl methyl sites for hydroxylation is 1. The van der Waals surface area contributed by atoms with Gasteiger partial charge in [-0.15, -0.1) is 0 Å². The summed E-state index contributed by atoms with van der Waals surface area (Å²) in [5.74, 6) is -2.29. The number of aromatic nitrogens is 2. The van der Waals surface area contributed by atoms with Crippen LogP contribution in [0.3, 0.4) is 0 Å². The molecular formula is C31H28Cl2N6O5. The highest BCUT2D eigenvalue weighted by molar-refractivity contribution is 6.40. The Hall–Kier alpha value is -4.61. The summed E-state index contributed by atoms with van der Waals surface area (Å²) in [5.41, 5.74) is 5.52. The summed E-state index contributed by atoms with van der Waals surface area (Å²) in [4.78, 5) is 59.9. The highest BCUT2D eigenvalue weighted by Crippen LogP contribution is 2.35. The van der Waals surface area contributed by atoms with E-state index in [1.807, 2.05) is 24.3 Å². The van der Waals surface area contributed by atoms with Gasteiger partial charge in [0.1, 0.15) is 6.04 Å². The molecule has 0 bridgehead atoms. The zero-order valence-electron chi connectivity index (χ0n) is 23.3. The minimum Gasteiger partial charge on any atom is -0.480 e. The molecule has 0 radical (unpaired) electrons. The van der Waals surface area contributed by atoms with Crippen LogP contribution in [0, 0.1) is 0 Å². The number of fused-ring (bicyclic) bond motifs is 3. The number of H-pyrrole nitrogens is 1. The van der Waals surface area contributed by atoms with Crippen LogP contribution in [0.5, 0.6) is 0 Å². The number of carboxylic acids is 1. The van der Waals surface area contributed by atoms with Gasteiger partial charge in [-0.05, 0) is 65.8 Å². The molecule has 13 heteroatoms.